The molecule has 2 fully saturated rings. The van der Waals surface area contributed by atoms with Gasteiger partial charge in [0.25, 0.3) is 5.92 Å². The average Bonchev–Trinajstić information content (AvgIpc) is 3.04. The highest BCUT2D eigenvalue weighted by molar-refractivity contribution is 5.84. The van der Waals surface area contributed by atoms with Gasteiger partial charge in [-0.1, -0.05) is 18.2 Å². The quantitative estimate of drug-likeness (QED) is 0.781. The van der Waals surface area contributed by atoms with Gasteiger partial charge in [-0.05, 0) is 25.0 Å². The van der Waals surface area contributed by atoms with E-state index in [4.69, 9.17) is 9.15 Å². The lowest BCUT2D eigenvalue weighted by molar-refractivity contribution is -0.171. The van der Waals surface area contributed by atoms with Gasteiger partial charge >= 0.3 is 0 Å². The van der Waals surface area contributed by atoms with Crippen molar-refractivity contribution in [2.75, 3.05) is 39.9 Å². The van der Waals surface area contributed by atoms with Crippen LogP contribution in [0.25, 0.3) is 11.0 Å². The molecule has 1 amide bonds. The van der Waals surface area contributed by atoms with Crippen molar-refractivity contribution in [3.63, 3.8) is 0 Å². The van der Waals surface area contributed by atoms with Crippen LogP contribution in [0.1, 0.15) is 25.0 Å². The van der Waals surface area contributed by atoms with Gasteiger partial charge < -0.3 is 14.1 Å². The minimum Gasteiger partial charge on any atom is -0.460 e. The summed E-state index contributed by atoms with van der Waals surface area (Å²) in [6, 6.07) is 9.49. The SMILES string of the molecule is COCCN1CCCC2(CN(Cc3cc4ccccc4o3)CC(F)(F)C2)C1=O. The molecule has 0 radical (unpaired) electrons. The summed E-state index contributed by atoms with van der Waals surface area (Å²) in [5, 5.41) is 0.954. The third-order valence-electron chi connectivity index (χ3n) is 5.82. The van der Waals surface area contributed by atoms with Gasteiger partial charge in [-0.2, -0.15) is 0 Å². The largest absolute Gasteiger partial charge is 0.460 e. The normalized spacial score (nSPS) is 25.7. The molecule has 7 heteroatoms. The third kappa shape index (κ3) is 3.78. The first kappa shape index (κ1) is 19.3. The summed E-state index contributed by atoms with van der Waals surface area (Å²) in [6.45, 7) is 1.74. The number of rotatable bonds is 5. The van der Waals surface area contributed by atoms with Crippen molar-refractivity contribution in [3.8, 4) is 0 Å². The molecule has 3 heterocycles. The summed E-state index contributed by atoms with van der Waals surface area (Å²) in [7, 11) is 1.58. The fourth-order valence-electron chi connectivity index (χ4n) is 4.74. The molecule has 0 aliphatic carbocycles. The van der Waals surface area contributed by atoms with Gasteiger partial charge in [0.15, 0.2) is 0 Å². The Morgan fingerprint density at radius 2 is 2.07 bits per heavy atom. The molecule has 0 bridgehead atoms. The molecule has 28 heavy (non-hydrogen) atoms. The lowest BCUT2D eigenvalue weighted by Gasteiger charge is -2.49. The van der Waals surface area contributed by atoms with E-state index in [0.29, 0.717) is 38.4 Å². The number of carbonyl (C=O) groups excluding carboxylic acids is 1. The first-order valence-corrected chi connectivity index (χ1v) is 9.77. The number of benzene rings is 1. The van der Waals surface area contributed by atoms with E-state index in [1.807, 2.05) is 30.3 Å². The van der Waals surface area contributed by atoms with Crippen molar-refractivity contribution in [3.05, 3.63) is 36.1 Å². The van der Waals surface area contributed by atoms with Crippen molar-refractivity contribution >= 4 is 16.9 Å². The Balaban J connectivity index is 1.55. The van der Waals surface area contributed by atoms with E-state index < -0.39 is 11.3 Å². The smallest absolute Gasteiger partial charge is 0.261 e. The second-order valence-electron chi connectivity index (χ2n) is 8.10. The molecule has 1 unspecified atom stereocenters. The maximum atomic E-state index is 14.7. The summed E-state index contributed by atoms with van der Waals surface area (Å²) in [4.78, 5) is 16.5. The van der Waals surface area contributed by atoms with Crippen LogP contribution in [-0.2, 0) is 16.1 Å². The number of furan rings is 1. The maximum Gasteiger partial charge on any atom is 0.261 e. The number of para-hydroxylation sites is 1. The monoisotopic (exact) mass is 392 g/mol. The second-order valence-corrected chi connectivity index (χ2v) is 8.10. The molecule has 2 aliphatic rings. The molecule has 4 rings (SSSR count). The van der Waals surface area contributed by atoms with Gasteiger partial charge in [0.05, 0.1) is 25.1 Å². The van der Waals surface area contributed by atoms with Crippen molar-refractivity contribution in [1.82, 2.24) is 9.80 Å². The molecule has 0 saturated carbocycles. The maximum absolute atomic E-state index is 14.7. The van der Waals surface area contributed by atoms with Gasteiger partial charge in [-0.25, -0.2) is 8.78 Å². The van der Waals surface area contributed by atoms with Gasteiger partial charge in [-0.3, -0.25) is 9.69 Å². The Morgan fingerprint density at radius 3 is 2.86 bits per heavy atom. The molecule has 0 N–H and O–H groups in total. The highest BCUT2D eigenvalue weighted by atomic mass is 19.3. The number of hydrogen-bond donors (Lipinski definition) is 0. The number of carbonyl (C=O) groups is 1. The number of hydrogen-bond acceptors (Lipinski definition) is 4. The molecule has 2 aliphatic heterocycles. The van der Waals surface area contributed by atoms with Crippen molar-refractivity contribution in [1.29, 1.82) is 0 Å². The molecular formula is C21H26F2N2O3. The van der Waals surface area contributed by atoms with Crippen LogP contribution in [0.2, 0.25) is 0 Å². The number of ether oxygens (including phenoxy) is 1. The van der Waals surface area contributed by atoms with E-state index in [1.54, 1.807) is 16.9 Å². The Kier molecular flexibility index (Phi) is 5.14. The first-order valence-electron chi connectivity index (χ1n) is 9.77. The van der Waals surface area contributed by atoms with E-state index in [1.165, 1.54) is 0 Å². The van der Waals surface area contributed by atoms with Crippen LogP contribution in [0, 0.1) is 5.41 Å². The zero-order valence-electron chi connectivity index (χ0n) is 16.1. The molecule has 152 valence electrons. The summed E-state index contributed by atoms with van der Waals surface area (Å²) in [5.41, 5.74) is -0.282. The van der Waals surface area contributed by atoms with Crippen LogP contribution in [0.15, 0.2) is 34.7 Å². The molecule has 2 saturated heterocycles. The highest BCUT2D eigenvalue weighted by Gasteiger charge is 2.55. The van der Waals surface area contributed by atoms with Crippen molar-refractivity contribution in [2.45, 2.75) is 31.7 Å². The van der Waals surface area contributed by atoms with E-state index in [2.05, 4.69) is 0 Å². The zero-order valence-corrected chi connectivity index (χ0v) is 16.1. The Bertz CT molecular complexity index is 820. The Hall–Kier alpha value is -1.99. The molecule has 1 atom stereocenters. The van der Waals surface area contributed by atoms with Gasteiger partial charge in [0, 0.05) is 38.6 Å². The van der Waals surface area contributed by atoms with Gasteiger partial charge in [0.1, 0.15) is 11.3 Å². The van der Waals surface area contributed by atoms with Crippen molar-refractivity contribution < 1.29 is 22.7 Å². The van der Waals surface area contributed by atoms with Crippen LogP contribution in [0.3, 0.4) is 0 Å². The molecule has 1 aromatic heterocycles. The summed E-state index contributed by atoms with van der Waals surface area (Å²) in [5.74, 6) is -2.41. The molecule has 5 nitrogen and oxygen atoms in total. The van der Waals surface area contributed by atoms with Gasteiger partial charge in [0.2, 0.25) is 5.91 Å². The predicted octanol–water partition coefficient (Wildman–Crippen LogP) is 3.53. The first-order chi connectivity index (χ1) is 13.4. The Labute approximate surface area is 163 Å². The second kappa shape index (κ2) is 7.44. The molecule has 2 aromatic rings. The minimum absolute atomic E-state index is 0.162. The number of piperidine rings is 2. The lowest BCUT2D eigenvalue weighted by atomic mass is 9.71. The predicted molar refractivity (Wildman–Crippen MR) is 101 cm³/mol. The topological polar surface area (TPSA) is 45.9 Å². The number of halogens is 2. The number of alkyl halides is 2. The fourth-order valence-corrected chi connectivity index (χ4v) is 4.74. The molecule has 1 spiro atoms. The van der Waals surface area contributed by atoms with Crippen LogP contribution < -0.4 is 0 Å². The summed E-state index contributed by atoms with van der Waals surface area (Å²) in [6.07, 6.45) is 0.866. The highest BCUT2D eigenvalue weighted by Crippen LogP contribution is 2.45. The number of methoxy groups -OCH3 is 1. The number of amides is 1. The molecular weight excluding hydrogens is 366 g/mol. The zero-order chi connectivity index (χ0) is 19.8. The summed E-state index contributed by atoms with van der Waals surface area (Å²) >= 11 is 0. The van der Waals surface area contributed by atoms with Crippen molar-refractivity contribution in [2.24, 2.45) is 5.41 Å². The number of likely N-dealkylation sites (tertiary alicyclic amines) is 2. The Morgan fingerprint density at radius 1 is 1.25 bits per heavy atom. The van der Waals surface area contributed by atoms with Crippen LogP contribution in [0.4, 0.5) is 8.78 Å². The van der Waals surface area contributed by atoms with E-state index in [0.717, 1.165) is 17.4 Å². The molecule has 1 aromatic carbocycles. The lowest BCUT2D eigenvalue weighted by Crippen LogP contribution is -2.61. The number of fused-ring (bicyclic) bond motifs is 1. The van der Waals surface area contributed by atoms with Crippen LogP contribution in [0.5, 0.6) is 0 Å². The fraction of sp³-hybridized carbons (Fsp3) is 0.571. The van der Waals surface area contributed by atoms with E-state index in [9.17, 15) is 13.6 Å². The van der Waals surface area contributed by atoms with E-state index in [-0.39, 0.29) is 25.4 Å². The van der Waals surface area contributed by atoms with Crippen LogP contribution in [-0.4, -0.2) is 61.5 Å². The van der Waals surface area contributed by atoms with E-state index >= 15 is 0 Å². The number of nitrogens with zero attached hydrogens (tertiary/aromatic N) is 2. The average molecular weight is 392 g/mol. The third-order valence-corrected chi connectivity index (χ3v) is 5.82. The van der Waals surface area contributed by atoms with Crippen LogP contribution >= 0.6 is 0 Å². The minimum atomic E-state index is -2.90. The summed E-state index contributed by atoms with van der Waals surface area (Å²) < 4.78 is 40.2. The standard InChI is InChI=1S/C21H26F2N2O3/c1-27-10-9-25-8-4-7-20(19(25)26)13-21(22,23)15-24(14-20)12-17-11-16-5-2-3-6-18(16)28-17/h2-3,5-6,11H,4,7-10,12-15H2,1H3. The van der Waals surface area contributed by atoms with Gasteiger partial charge in [-0.15, -0.1) is 0 Å².